The fourth-order valence-electron chi connectivity index (χ4n) is 3.05. The van der Waals surface area contributed by atoms with E-state index in [4.69, 9.17) is 9.84 Å². The van der Waals surface area contributed by atoms with Crippen LogP contribution in [0.2, 0.25) is 0 Å². The van der Waals surface area contributed by atoms with Gasteiger partial charge in [-0.05, 0) is 30.5 Å². The van der Waals surface area contributed by atoms with Gasteiger partial charge in [0.25, 0.3) is 0 Å². The highest BCUT2D eigenvalue weighted by Crippen LogP contribution is 2.41. The number of hydrogen-bond donors (Lipinski definition) is 2. The number of aliphatic carboxylic acids is 1. The van der Waals surface area contributed by atoms with Gasteiger partial charge in [-0.15, -0.1) is 0 Å². The molecule has 1 aromatic rings. The van der Waals surface area contributed by atoms with Crippen LogP contribution < -0.4 is 10.1 Å². The largest absolute Gasteiger partial charge is 0.482 e. The third-order valence-electron chi connectivity index (χ3n) is 4.25. The lowest BCUT2D eigenvalue weighted by Gasteiger charge is -2.32. The maximum absolute atomic E-state index is 13.1. The predicted octanol–water partition coefficient (Wildman–Crippen LogP) is 3.13. The van der Waals surface area contributed by atoms with E-state index in [-0.39, 0.29) is 19.4 Å². The standard InChI is InChI=1S/C17H20F3NO4/c18-17(19,20)14-7-2-1-6-13(14)16(24)21-9-11-4-3-5-12(8-11)25-10-15(22)23/h3-5,8,13-14H,1-2,6-7,9-10H2,(H,21,24)(H,22,23). The van der Waals surface area contributed by atoms with E-state index in [1.807, 2.05) is 0 Å². The Labute approximate surface area is 143 Å². The molecule has 0 radical (unpaired) electrons. The van der Waals surface area contributed by atoms with E-state index < -0.39 is 36.5 Å². The van der Waals surface area contributed by atoms with E-state index in [1.54, 1.807) is 24.3 Å². The number of nitrogens with one attached hydrogen (secondary N) is 1. The molecular formula is C17H20F3NO4. The first-order valence-corrected chi connectivity index (χ1v) is 8.05. The van der Waals surface area contributed by atoms with E-state index in [2.05, 4.69) is 5.32 Å². The number of halogens is 3. The summed E-state index contributed by atoms with van der Waals surface area (Å²) in [4.78, 5) is 22.7. The van der Waals surface area contributed by atoms with E-state index in [0.29, 0.717) is 24.2 Å². The van der Waals surface area contributed by atoms with Gasteiger partial charge in [0.15, 0.2) is 6.61 Å². The SMILES string of the molecule is O=C(O)COc1cccc(CNC(=O)C2CCCCC2C(F)(F)F)c1. The topological polar surface area (TPSA) is 75.6 Å². The molecule has 0 aromatic heterocycles. The molecular weight excluding hydrogens is 339 g/mol. The fraction of sp³-hybridized carbons (Fsp3) is 0.529. The van der Waals surface area contributed by atoms with Crippen LogP contribution in [0.25, 0.3) is 0 Å². The van der Waals surface area contributed by atoms with Gasteiger partial charge in [0.2, 0.25) is 5.91 Å². The third-order valence-corrected chi connectivity index (χ3v) is 4.25. The molecule has 2 N–H and O–H groups in total. The number of carboxylic acids is 1. The first-order chi connectivity index (χ1) is 11.8. The zero-order valence-electron chi connectivity index (χ0n) is 13.5. The van der Waals surface area contributed by atoms with Crippen LogP contribution in [0.3, 0.4) is 0 Å². The number of benzene rings is 1. The summed E-state index contributed by atoms with van der Waals surface area (Å²) in [5.41, 5.74) is 0.621. The molecule has 0 spiro atoms. The van der Waals surface area contributed by atoms with Crippen LogP contribution in [0.4, 0.5) is 13.2 Å². The van der Waals surface area contributed by atoms with Gasteiger partial charge in [-0.3, -0.25) is 4.79 Å². The molecule has 2 unspecified atom stereocenters. The number of hydrogen-bond acceptors (Lipinski definition) is 3. The number of alkyl halides is 3. The molecule has 8 heteroatoms. The van der Waals surface area contributed by atoms with Gasteiger partial charge in [0.05, 0.1) is 5.92 Å². The Morgan fingerprint density at radius 2 is 1.96 bits per heavy atom. The van der Waals surface area contributed by atoms with Crippen molar-refractivity contribution in [1.29, 1.82) is 0 Å². The molecule has 25 heavy (non-hydrogen) atoms. The van der Waals surface area contributed by atoms with Crippen LogP contribution in [-0.2, 0) is 16.1 Å². The maximum atomic E-state index is 13.1. The molecule has 0 saturated heterocycles. The Hall–Kier alpha value is -2.25. The van der Waals surface area contributed by atoms with E-state index in [1.165, 1.54) is 0 Å². The third kappa shape index (κ3) is 5.65. The Morgan fingerprint density at radius 1 is 1.24 bits per heavy atom. The van der Waals surface area contributed by atoms with E-state index >= 15 is 0 Å². The van der Waals surface area contributed by atoms with Crippen molar-refractivity contribution in [3.8, 4) is 5.75 Å². The van der Waals surface area contributed by atoms with Crippen molar-refractivity contribution in [1.82, 2.24) is 5.32 Å². The number of carbonyl (C=O) groups excluding carboxylic acids is 1. The Bertz CT molecular complexity index is 618. The normalized spacial score (nSPS) is 20.8. The van der Waals surface area contributed by atoms with Crippen molar-refractivity contribution in [2.24, 2.45) is 11.8 Å². The van der Waals surface area contributed by atoms with Crippen molar-refractivity contribution in [3.63, 3.8) is 0 Å². The van der Waals surface area contributed by atoms with Crippen LogP contribution in [-0.4, -0.2) is 29.8 Å². The molecule has 1 aromatic carbocycles. The summed E-state index contributed by atoms with van der Waals surface area (Å²) in [7, 11) is 0. The van der Waals surface area contributed by atoms with Crippen molar-refractivity contribution in [3.05, 3.63) is 29.8 Å². The summed E-state index contributed by atoms with van der Waals surface area (Å²) in [5.74, 6) is -4.04. The fourth-order valence-corrected chi connectivity index (χ4v) is 3.05. The van der Waals surface area contributed by atoms with Crippen LogP contribution >= 0.6 is 0 Å². The molecule has 1 aliphatic rings. The molecule has 2 rings (SSSR count). The highest BCUT2D eigenvalue weighted by molar-refractivity contribution is 5.79. The molecule has 0 aliphatic heterocycles. The monoisotopic (exact) mass is 359 g/mol. The first-order valence-electron chi connectivity index (χ1n) is 8.05. The minimum Gasteiger partial charge on any atom is -0.482 e. The second-order valence-corrected chi connectivity index (χ2v) is 6.09. The molecule has 1 aliphatic carbocycles. The van der Waals surface area contributed by atoms with Crippen LogP contribution in [0.15, 0.2) is 24.3 Å². The zero-order valence-corrected chi connectivity index (χ0v) is 13.5. The van der Waals surface area contributed by atoms with Crippen molar-refractivity contribution in [2.75, 3.05) is 6.61 Å². The molecule has 138 valence electrons. The lowest BCUT2D eigenvalue weighted by molar-refractivity contribution is -0.198. The van der Waals surface area contributed by atoms with Crippen molar-refractivity contribution in [2.45, 2.75) is 38.4 Å². The van der Waals surface area contributed by atoms with Gasteiger partial charge >= 0.3 is 12.1 Å². The average molecular weight is 359 g/mol. The molecule has 1 fully saturated rings. The number of amides is 1. The summed E-state index contributed by atoms with van der Waals surface area (Å²) in [6.45, 7) is -0.435. The summed E-state index contributed by atoms with van der Waals surface area (Å²) < 4.78 is 44.3. The Kier molecular flexibility index (Phi) is 6.27. The van der Waals surface area contributed by atoms with E-state index in [0.717, 1.165) is 0 Å². The molecule has 0 bridgehead atoms. The van der Waals surface area contributed by atoms with E-state index in [9.17, 15) is 22.8 Å². The summed E-state index contributed by atoms with van der Waals surface area (Å²) in [6.07, 6.45) is -3.05. The van der Waals surface area contributed by atoms with Gasteiger partial charge in [-0.2, -0.15) is 13.2 Å². The van der Waals surface area contributed by atoms with Crippen molar-refractivity contribution < 1.29 is 32.6 Å². The predicted molar refractivity (Wildman–Crippen MR) is 82.9 cm³/mol. The maximum Gasteiger partial charge on any atom is 0.392 e. The molecule has 5 nitrogen and oxygen atoms in total. The van der Waals surface area contributed by atoms with Crippen LogP contribution in [0.5, 0.6) is 5.75 Å². The Morgan fingerprint density at radius 3 is 2.64 bits per heavy atom. The lowest BCUT2D eigenvalue weighted by atomic mass is 9.78. The number of rotatable bonds is 6. The van der Waals surface area contributed by atoms with Gasteiger partial charge in [0, 0.05) is 12.5 Å². The minimum absolute atomic E-state index is 0.0138. The first kappa shape index (κ1) is 19.1. The second kappa shape index (κ2) is 8.22. The molecule has 1 amide bonds. The number of carbonyl (C=O) groups is 2. The van der Waals surface area contributed by atoms with Gasteiger partial charge in [0.1, 0.15) is 5.75 Å². The quantitative estimate of drug-likeness (QED) is 0.818. The summed E-state index contributed by atoms with van der Waals surface area (Å²) in [5, 5.41) is 11.1. The van der Waals surface area contributed by atoms with Gasteiger partial charge < -0.3 is 15.2 Å². The molecule has 0 heterocycles. The lowest BCUT2D eigenvalue weighted by Crippen LogP contribution is -2.42. The molecule has 2 atom stereocenters. The summed E-state index contributed by atoms with van der Waals surface area (Å²) >= 11 is 0. The van der Waals surface area contributed by atoms with Crippen LogP contribution in [0, 0.1) is 11.8 Å². The van der Waals surface area contributed by atoms with Gasteiger partial charge in [-0.25, -0.2) is 4.79 Å². The average Bonchev–Trinajstić information content (AvgIpc) is 2.57. The zero-order chi connectivity index (χ0) is 18.4. The Balaban J connectivity index is 1.94. The van der Waals surface area contributed by atoms with Crippen molar-refractivity contribution >= 4 is 11.9 Å². The van der Waals surface area contributed by atoms with Crippen LogP contribution in [0.1, 0.15) is 31.2 Å². The highest BCUT2D eigenvalue weighted by atomic mass is 19.4. The van der Waals surface area contributed by atoms with Gasteiger partial charge in [-0.1, -0.05) is 25.0 Å². The molecule has 1 saturated carbocycles. The smallest absolute Gasteiger partial charge is 0.392 e. The number of ether oxygens (including phenoxy) is 1. The number of carboxylic acid groups (broad SMARTS) is 1. The second-order valence-electron chi connectivity index (χ2n) is 6.09. The minimum atomic E-state index is -4.37. The summed E-state index contributed by atoms with van der Waals surface area (Å²) in [6, 6.07) is 6.41. The highest BCUT2D eigenvalue weighted by Gasteiger charge is 2.47.